The first-order chi connectivity index (χ1) is 9.40. The van der Waals surface area contributed by atoms with Crippen molar-refractivity contribution in [2.24, 2.45) is 0 Å². The van der Waals surface area contributed by atoms with E-state index in [0.29, 0.717) is 17.3 Å². The summed E-state index contributed by atoms with van der Waals surface area (Å²) in [6.07, 6.45) is -4.41. The van der Waals surface area contributed by atoms with Crippen LogP contribution in [0.1, 0.15) is 5.56 Å². The zero-order chi connectivity index (χ0) is 14.8. The Bertz CT molecular complexity index is 614. The molecule has 0 fully saturated rings. The van der Waals surface area contributed by atoms with Crippen molar-refractivity contribution in [3.63, 3.8) is 0 Å². The van der Waals surface area contributed by atoms with Crippen molar-refractivity contribution in [1.82, 2.24) is 4.98 Å². The number of pyridine rings is 1. The number of anilines is 3. The molecule has 0 radical (unpaired) electrons. The molecule has 0 atom stereocenters. The molecule has 7 heteroatoms. The van der Waals surface area contributed by atoms with E-state index < -0.39 is 11.7 Å². The van der Waals surface area contributed by atoms with E-state index in [1.54, 1.807) is 31.3 Å². The van der Waals surface area contributed by atoms with E-state index in [0.717, 1.165) is 6.07 Å². The number of alkyl halides is 3. The third-order valence-electron chi connectivity index (χ3n) is 2.55. The van der Waals surface area contributed by atoms with Crippen LogP contribution in [0.25, 0.3) is 0 Å². The maximum atomic E-state index is 12.8. The van der Waals surface area contributed by atoms with E-state index in [4.69, 9.17) is 0 Å². The Morgan fingerprint density at radius 1 is 1.10 bits per heavy atom. The minimum Gasteiger partial charge on any atom is -0.373 e. The van der Waals surface area contributed by atoms with Gasteiger partial charge in [-0.05, 0) is 30.3 Å². The second kappa shape index (κ2) is 5.70. The molecule has 0 saturated heterocycles. The fourth-order valence-corrected chi connectivity index (χ4v) is 2.08. The predicted octanol–water partition coefficient (Wildman–Crippen LogP) is 4.65. The SMILES string of the molecule is CNc1cccc(Nc2ccc(Br)c(C(F)(F)F)c2)n1. The Labute approximate surface area is 122 Å². The number of nitrogens with one attached hydrogen (secondary N) is 2. The van der Waals surface area contributed by atoms with Gasteiger partial charge in [0.15, 0.2) is 0 Å². The van der Waals surface area contributed by atoms with Crippen molar-refractivity contribution < 1.29 is 13.2 Å². The van der Waals surface area contributed by atoms with Crippen LogP contribution in [0.2, 0.25) is 0 Å². The Morgan fingerprint density at radius 3 is 2.45 bits per heavy atom. The molecule has 106 valence electrons. The number of hydrogen-bond donors (Lipinski definition) is 2. The molecule has 0 unspecified atom stereocenters. The van der Waals surface area contributed by atoms with Gasteiger partial charge in [0.05, 0.1) is 5.56 Å². The average Bonchev–Trinajstić information content (AvgIpc) is 2.40. The lowest BCUT2D eigenvalue weighted by molar-refractivity contribution is -0.138. The Hall–Kier alpha value is -1.76. The second-order valence-electron chi connectivity index (χ2n) is 3.98. The molecule has 2 rings (SSSR count). The van der Waals surface area contributed by atoms with Gasteiger partial charge in [0.2, 0.25) is 0 Å². The minimum absolute atomic E-state index is 0.00693. The molecule has 2 aromatic rings. The largest absolute Gasteiger partial charge is 0.417 e. The fourth-order valence-electron chi connectivity index (χ4n) is 1.61. The summed E-state index contributed by atoms with van der Waals surface area (Å²) < 4.78 is 38.4. The first kappa shape index (κ1) is 14.6. The van der Waals surface area contributed by atoms with Gasteiger partial charge in [0, 0.05) is 17.2 Å². The van der Waals surface area contributed by atoms with Crippen LogP contribution in [0.3, 0.4) is 0 Å². The van der Waals surface area contributed by atoms with Gasteiger partial charge in [-0.15, -0.1) is 0 Å². The van der Waals surface area contributed by atoms with Crippen LogP contribution in [0.4, 0.5) is 30.5 Å². The van der Waals surface area contributed by atoms with E-state index in [1.165, 1.54) is 6.07 Å². The van der Waals surface area contributed by atoms with Gasteiger partial charge in [-0.1, -0.05) is 22.0 Å². The maximum Gasteiger partial charge on any atom is 0.417 e. The number of hydrogen-bond acceptors (Lipinski definition) is 3. The van der Waals surface area contributed by atoms with Crippen LogP contribution >= 0.6 is 15.9 Å². The first-order valence-corrected chi connectivity index (χ1v) is 6.48. The molecule has 0 aliphatic heterocycles. The van der Waals surface area contributed by atoms with Crippen molar-refractivity contribution in [2.75, 3.05) is 17.7 Å². The van der Waals surface area contributed by atoms with Gasteiger partial charge < -0.3 is 10.6 Å². The van der Waals surface area contributed by atoms with Crippen molar-refractivity contribution in [2.45, 2.75) is 6.18 Å². The molecule has 20 heavy (non-hydrogen) atoms. The molecule has 0 aliphatic carbocycles. The van der Waals surface area contributed by atoms with Crippen LogP contribution in [0.5, 0.6) is 0 Å². The number of aromatic nitrogens is 1. The van der Waals surface area contributed by atoms with E-state index in [-0.39, 0.29) is 4.47 Å². The normalized spacial score (nSPS) is 11.2. The van der Waals surface area contributed by atoms with Crippen LogP contribution in [-0.2, 0) is 6.18 Å². The molecule has 3 nitrogen and oxygen atoms in total. The molecular weight excluding hydrogens is 335 g/mol. The summed E-state index contributed by atoms with van der Waals surface area (Å²) in [6, 6.07) is 9.13. The Morgan fingerprint density at radius 2 is 1.80 bits per heavy atom. The molecule has 0 bridgehead atoms. The number of nitrogens with zero attached hydrogens (tertiary/aromatic N) is 1. The molecule has 1 aromatic carbocycles. The summed E-state index contributed by atoms with van der Waals surface area (Å²) in [6.45, 7) is 0. The molecule has 2 N–H and O–H groups in total. The van der Waals surface area contributed by atoms with Crippen LogP contribution in [-0.4, -0.2) is 12.0 Å². The number of halogens is 4. The van der Waals surface area contributed by atoms with Crippen molar-refractivity contribution >= 4 is 33.3 Å². The lowest BCUT2D eigenvalue weighted by atomic mass is 10.2. The highest BCUT2D eigenvalue weighted by Crippen LogP contribution is 2.36. The molecular formula is C13H11BrF3N3. The summed E-state index contributed by atoms with van der Waals surface area (Å²) in [7, 11) is 1.72. The average molecular weight is 346 g/mol. The monoisotopic (exact) mass is 345 g/mol. The lowest BCUT2D eigenvalue weighted by Gasteiger charge is -2.12. The third-order valence-corrected chi connectivity index (χ3v) is 3.24. The highest BCUT2D eigenvalue weighted by molar-refractivity contribution is 9.10. The quantitative estimate of drug-likeness (QED) is 0.850. The zero-order valence-corrected chi connectivity index (χ0v) is 12.0. The lowest BCUT2D eigenvalue weighted by Crippen LogP contribution is -2.07. The third kappa shape index (κ3) is 3.41. The van der Waals surface area contributed by atoms with Gasteiger partial charge in [0.1, 0.15) is 11.6 Å². The second-order valence-corrected chi connectivity index (χ2v) is 4.83. The van der Waals surface area contributed by atoms with Crippen LogP contribution < -0.4 is 10.6 Å². The Kier molecular flexibility index (Phi) is 4.17. The van der Waals surface area contributed by atoms with E-state index in [2.05, 4.69) is 31.5 Å². The van der Waals surface area contributed by atoms with Gasteiger partial charge in [-0.25, -0.2) is 4.98 Å². The molecule has 0 amide bonds. The van der Waals surface area contributed by atoms with E-state index >= 15 is 0 Å². The van der Waals surface area contributed by atoms with Gasteiger partial charge >= 0.3 is 6.18 Å². The van der Waals surface area contributed by atoms with Gasteiger partial charge in [0.25, 0.3) is 0 Å². The molecule has 0 saturated carbocycles. The van der Waals surface area contributed by atoms with Crippen LogP contribution in [0, 0.1) is 0 Å². The summed E-state index contributed by atoms with van der Waals surface area (Å²) in [5.41, 5.74) is -0.409. The maximum absolute atomic E-state index is 12.8. The summed E-state index contributed by atoms with van der Waals surface area (Å²) in [5.74, 6) is 1.09. The summed E-state index contributed by atoms with van der Waals surface area (Å²) in [4.78, 5) is 4.19. The van der Waals surface area contributed by atoms with Crippen molar-refractivity contribution in [1.29, 1.82) is 0 Å². The topological polar surface area (TPSA) is 37.0 Å². The highest BCUT2D eigenvalue weighted by atomic mass is 79.9. The molecule has 1 aromatic heterocycles. The minimum atomic E-state index is -4.41. The molecule has 0 spiro atoms. The standard InChI is InChI=1S/C13H11BrF3N3/c1-18-11-3-2-4-12(20-11)19-8-5-6-10(14)9(7-8)13(15,16)17/h2-7H,1H3,(H2,18,19,20). The van der Waals surface area contributed by atoms with Crippen molar-refractivity contribution in [3.8, 4) is 0 Å². The fraction of sp³-hybridized carbons (Fsp3) is 0.154. The van der Waals surface area contributed by atoms with Crippen molar-refractivity contribution in [3.05, 3.63) is 46.4 Å². The number of rotatable bonds is 3. The Balaban J connectivity index is 2.30. The zero-order valence-electron chi connectivity index (χ0n) is 10.4. The van der Waals surface area contributed by atoms with Crippen LogP contribution in [0.15, 0.2) is 40.9 Å². The summed E-state index contributed by atoms with van der Waals surface area (Å²) >= 11 is 2.90. The molecule has 0 aliphatic rings. The first-order valence-electron chi connectivity index (χ1n) is 5.69. The highest BCUT2D eigenvalue weighted by Gasteiger charge is 2.33. The predicted molar refractivity (Wildman–Crippen MR) is 76.2 cm³/mol. The molecule has 1 heterocycles. The van der Waals surface area contributed by atoms with E-state index in [1.807, 2.05) is 0 Å². The smallest absolute Gasteiger partial charge is 0.373 e. The van der Waals surface area contributed by atoms with Gasteiger partial charge in [-0.2, -0.15) is 13.2 Å². The summed E-state index contributed by atoms with van der Waals surface area (Å²) in [5, 5.41) is 5.71. The number of benzene rings is 1. The van der Waals surface area contributed by atoms with Gasteiger partial charge in [-0.3, -0.25) is 0 Å². The van der Waals surface area contributed by atoms with E-state index in [9.17, 15) is 13.2 Å².